The minimum Gasteiger partial charge on any atom is -0.392 e. The monoisotopic (exact) mass is 327 g/mol. The number of nitrogens with zero attached hydrogens (tertiary/aromatic N) is 1. The second-order valence-electron chi connectivity index (χ2n) is 5.84. The van der Waals surface area contributed by atoms with Gasteiger partial charge in [-0.05, 0) is 46.2 Å². The van der Waals surface area contributed by atoms with Gasteiger partial charge in [0.05, 0.1) is 12.1 Å². The van der Waals surface area contributed by atoms with Crippen molar-refractivity contribution in [1.82, 2.24) is 15.5 Å². The Hall–Kier alpha value is -0.0700. The number of hydrogen-bond acceptors (Lipinski definition) is 4. The summed E-state index contributed by atoms with van der Waals surface area (Å²) >= 11 is 0. The van der Waals surface area contributed by atoms with E-state index >= 15 is 0 Å². The lowest BCUT2D eigenvalue weighted by Gasteiger charge is -2.34. The van der Waals surface area contributed by atoms with Crippen molar-refractivity contribution in [2.75, 3.05) is 20.6 Å². The highest BCUT2D eigenvalue weighted by Crippen LogP contribution is 2.22. The summed E-state index contributed by atoms with van der Waals surface area (Å²) in [4.78, 5) is 14.3. The molecule has 20 heavy (non-hydrogen) atoms. The first-order chi connectivity index (χ1) is 8.56. The SMILES string of the molecule is CN(C)C1CCCC(NC(=O)C2CC(O)CN2)C1.Cl.Cl. The number of amides is 1. The van der Waals surface area contributed by atoms with Crippen molar-refractivity contribution in [2.24, 2.45) is 0 Å². The van der Waals surface area contributed by atoms with Gasteiger partial charge in [-0.1, -0.05) is 0 Å². The minimum atomic E-state index is -0.373. The average molecular weight is 328 g/mol. The first-order valence-corrected chi connectivity index (χ1v) is 6.94. The highest BCUT2D eigenvalue weighted by atomic mass is 35.5. The van der Waals surface area contributed by atoms with Crippen molar-refractivity contribution in [3.8, 4) is 0 Å². The highest BCUT2D eigenvalue weighted by molar-refractivity contribution is 5.85. The maximum Gasteiger partial charge on any atom is 0.237 e. The fraction of sp³-hybridized carbons (Fsp3) is 0.923. The summed E-state index contributed by atoms with van der Waals surface area (Å²) in [5, 5.41) is 15.6. The van der Waals surface area contributed by atoms with Crippen LogP contribution in [0.15, 0.2) is 0 Å². The van der Waals surface area contributed by atoms with E-state index in [1.807, 2.05) is 0 Å². The number of rotatable bonds is 3. The molecule has 1 saturated heterocycles. The van der Waals surface area contributed by atoms with Crippen LogP contribution in [0.3, 0.4) is 0 Å². The number of aliphatic hydroxyl groups excluding tert-OH is 1. The van der Waals surface area contributed by atoms with Crippen LogP contribution in [-0.2, 0) is 4.79 Å². The molecule has 1 aliphatic heterocycles. The van der Waals surface area contributed by atoms with Gasteiger partial charge in [0.25, 0.3) is 0 Å². The van der Waals surface area contributed by atoms with Crippen LogP contribution in [0.2, 0.25) is 0 Å². The third kappa shape index (κ3) is 5.37. The summed E-state index contributed by atoms with van der Waals surface area (Å²) in [5.41, 5.74) is 0. The molecule has 7 heteroatoms. The smallest absolute Gasteiger partial charge is 0.237 e. The molecule has 2 fully saturated rings. The number of hydrogen-bond donors (Lipinski definition) is 3. The van der Waals surface area contributed by atoms with E-state index in [-0.39, 0.29) is 48.9 Å². The van der Waals surface area contributed by atoms with Crippen molar-refractivity contribution >= 4 is 30.7 Å². The minimum absolute atomic E-state index is 0. The summed E-state index contributed by atoms with van der Waals surface area (Å²) in [5.74, 6) is 0.0518. The topological polar surface area (TPSA) is 64.6 Å². The van der Waals surface area contributed by atoms with Crippen molar-refractivity contribution in [1.29, 1.82) is 0 Å². The predicted octanol–water partition coefficient (Wildman–Crippen LogP) is 0.542. The van der Waals surface area contributed by atoms with Gasteiger partial charge in [-0.3, -0.25) is 4.79 Å². The Morgan fingerprint density at radius 2 is 1.95 bits per heavy atom. The molecule has 4 atom stereocenters. The quantitative estimate of drug-likeness (QED) is 0.708. The van der Waals surface area contributed by atoms with Gasteiger partial charge >= 0.3 is 0 Å². The van der Waals surface area contributed by atoms with Crippen LogP contribution >= 0.6 is 24.8 Å². The van der Waals surface area contributed by atoms with Crippen molar-refractivity contribution < 1.29 is 9.90 Å². The largest absolute Gasteiger partial charge is 0.392 e. The molecular weight excluding hydrogens is 301 g/mol. The zero-order valence-electron chi connectivity index (χ0n) is 12.2. The van der Waals surface area contributed by atoms with E-state index < -0.39 is 0 Å². The molecule has 2 rings (SSSR count). The summed E-state index contributed by atoms with van der Waals surface area (Å²) in [6, 6.07) is 0.657. The van der Waals surface area contributed by atoms with Gasteiger partial charge in [0.15, 0.2) is 0 Å². The number of nitrogens with one attached hydrogen (secondary N) is 2. The molecule has 5 nitrogen and oxygen atoms in total. The van der Waals surface area contributed by atoms with Gasteiger partial charge in [-0.25, -0.2) is 0 Å². The lowest BCUT2D eigenvalue weighted by atomic mass is 9.90. The van der Waals surface area contributed by atoms with E-state index in [9.17, 15) is 9.90 Å². The second-order valence-corrected chi connectivity index (χ2v) is 5.84. The molecule has 120 valence electrons. The molecule has 0 aromatic carbocycles. The van der Waals surface area contributed by atoms with E-state index in [1.165, 1.54) is 12.8 Å². The van der Waals surface area contributed by atoms with Crippen molar-refractivity contribution in [3.05, 3.63) is 0 Å². The van der Waals surface area contributed by atoms with E-state index in [2.05, 4.69) is 29.6 Å². The molecule has 0 aromatic rings. The zero-order valence-corrected chi connectivity index (χ0v) is 13.8. The number of carbonyl (C=O) groups is 1. The third-order valence-electron chi connectivity index (χ3n) is 4.15. The molecule has 1 saturated carbocycles. The van der Waals surface area contributed by atoms with Gasteiger partial charge in [0.2, 0.25) is 5.91 Å². The standard InChI is InChI=1S/C13H25N3O2.2ClH/c1-16(2)10-5-3-4-9(6-10)15-13(18)12-7-11(17)8-14-12;;/h9-12,14,17H,3-8H2,1-2H3,(H,15,18);2*1H. The molecule has 4 unspecified atom stereocenters. The molecule has 1 aliphatic carbocycles. The zero-order chi connectivity index (χ0) is 13.1. The lowest BCUT2D eigenvalue weighted by molar-refractivity contribution is -0.124. The first kappa shape index (κ1) is 19.9. The molecule has 0 aromatic heterocycles. The third-order valence-corrected chi connectivity index (χ3v) is 4.15. The van der Waals surface area contributed by atoms with Crippen LogP contribution in [0.25, 0.3) is 0 Å². The Morgan fingerprint density at radius 1 is 1.25 bits per heavy atom. The van der Waals surface area contributed by atoms with Crippen LogP contribution < -0.4 is 10.6 Å². The number of β-amino-alcohol motifs (C(OH)–C–C–N with tert-alkyl or cyclic N) is 1. The lowest BCUT2D eigenvalue weighted by Crippen LogP contribution is -2.48. The van der Waals surface area contributed by atoms with E-state index in [0.29, 0.717) is 19.0 Å². The Morgan fingerprint density at radius 3 is 2.50 bits per heavy atom. The van der Waals surface area contributed by atoms with E-state index in [1.54, 1.807) is 0 Å². The molecule has 2 aliphatic rings. The Bertz CT molecular complexity index is 305. The number of halogens is 2. The molecular formula is C13H27Cl2N3O2. The number of aliphatic hydroxyl groups is 1. The van der Waals surface area contributed by atoms with Crippen molar-refractivity contribution in [2.45, 2.75) is 56.3 Å². The van der Waals surface area contributed by atoms with Crippen LogP contribution in [0.1, 0.15) is 32.1 Å². The highest BCUT2D eigenvalue weighted by Gasteiger charge is 2.31. The first-order valence-electron chi connectivity index (χ1n) is 6.94. The van der Waals surface area contributed by atoms with Gasteiger partial charge in [0, 0.05) is 18.6 Å². The van der Waals surface area contributed by atoms with Crippen LogP contribution in [0.4, 0.5) is 0 Å². The normalized spacial score (nSPS) is 33.2. The molecule has 1 heterocycles. The molecule has 0 radical (unpaired) electrons. The maximum atomic E-state index is 12.0. The predicted molar refractivity (Wildman–Crippen MR) is 84.8 cm³/mol. The molecule has 3 N–H and O–H groups in total. The van der Waals surface area contributed by atoms with Gasteiger partial charge in [-0.15, -0.1) is 24.8 Å². The van der Waals surface area contributed by atoms with Gasteiger partial charge in [-0.2, -0.15) is 0 Å². The average Bonchev–Trinajstić information content (AvgIpc) is 2.76. The second kappa shape index (κ2) is 9.05. The van der Waals surface area contributed by atoms with Crippen LogP contribution in [-0.4, -0.2) is 60.8 Å². The summed E-state index contributed by atoms with van der Waals surface area (Å²) in [7, 11) is 4.20. The van der Waals surface area contributed by atoms with Gasteiger partial charge in [0.1, 0.15) is 0 Å². The van der Waals surface area contributed by atoms with Crippen molar-refractivity contribution in [3.63, 3.8) is 0 Å². The van der Waals surface area contributed by atoms with Crippen LogP contribution in [0.5, 0.6) is 0 Å². The summed E-state index contributed by atoms with van der Waals surface area (Å²) in [6.45, 7) is 0.531. The molecule has 1 amide bonds. The molecule has 0 bridgehead atoms. The fourth-order valence-corrected chi connectivity index (χ4v) is 2.98. The summed E-state index contributed by atoms with van der Waals surface area (Å²) < 4.78 is 0. The van der Waals surface area contributed by atoms with Gasteiger partial charge < -0.3 is 20.6 Å². The Balaban J connectivity index is 0.00000180. The van der Waals surface area contributed by atoms with E-state index in [4.69, 9.17) is 0 Å². The number of carbonyl (C=O) groups excluding carboxylic acids is 1. The Labute approximate surface area is 133 Å². The Kier molecular flexibility index (Phi) is 9.02. The van der Waals surface area contributed by atoms with E-state index in [0.717, 1.165) is 12.8 Å². The molecule has 0 spiro atoms. The summed E-state index contributed by atoms with van der Waals surface area (Å²) in [6.07, 6.45) is 4.67. The maximum absolute atomic E-state index is 12.0. The fourth-order valence-electron chi connectivity index (χ4n) is 2.98. The van der Waals surface area contributed by atoms with Crippen LogP contribution in [0, 0.1) is 0 Å².